The van der Waals surface area contributed by atoms with E-state index in [-0.39, 0.29) is 124 Å². The van der Waals surface area contributed by atoms with Gasteiger partial charge in [-0.2, -0.15) is 0 Å². The predicted octanol–water partition coefficient (Wildman–Crippen LogP) is -0.655. The minimum absolute atomic E-state index is 0. The van der Waals surface area contributed by atoms with Crippen molar-refractivity contribution in [2.45, 2.75) is 0 Å². The van der Waals surface area contributed by atoms with E-state index in [9.17, 15) is 0 Å². The molecule has 74 valence electrons. The second-order valence-electron chi connectivity index (χ2n) is 0.667. The largest absolute Gasteiger partial charge is 2.00 e. The first-order valence-corrected chi connectivity index (χ1v) is 6.67. The Morgan fingerprint density at radius 1 is 0.733 bits per heavy atom. The van der Waals surface area contributed by atoms with E-state index >= 15 is 0 Å². The summed E-state index contributed by atoms with van der Waals surface area (Å²) in [7, 11) is 2.02. The molecule has 0 rings (SSSR count). The van der Waals surface area contributed by atoms with Gasteiger partial charge in [0.1, 0.15) is 0 Å². The van der Waals surface area contributed by atoms with Crippen molar-refractivity contribution in [1.29, 1.82) is 0 Å². The summed E-state index contributed by atoms with van der Waals surface area (Å²) in [5.74, 6) is 0. The first-order valence-electron chi connectivity index (χ1n) is 1.56. The van der Waals surface area contributed by atoms with Crippen LogP contribution in [0.2, 0.25) is 0 Å². The molecule has 0 unspecified atom stereocenters. The molecule has 0 aromatic rings. The van der Waals surface area contributed by atoms with E-state index in [0.717, 1.165) is 20.6 Å². The van der Waals surface area contributed by atoms with Gasteiger partial charge in [-0.15, -0.1) is 0 Å². The van der Waals surface area contributed by atoms with E-state index < -0.39 is 0 Å². The average molecular weight is 433 g/mol. The average Bonchev–Trinajstić information content (AvgIpc) is 1.89. The number of thiocarbonyl (C=S) groups is 2. The molecule has 2 radical (unpaired) electrons. The quantitative estimate of drug-likeness (QED) is 0.288. The molecule has 0 fully saturated rings. The van der Waals surface area contributed by atoms with Gasteiger partial charge in [0.15, 0.2) is 0 Å². The molecule has 0 atom stereocenters. The van der Waals surface area contributed by atoms with Gasteiger partial charge in [-0.05, 0) is 0 Å². The van der Waals surface area contributed by atoms with Gasteiger partial charge in [0, 0.05) is 0 Å². The van der Waals surface area contributed by atoms with E-state index in [1.807, 2.05) is 0 Å². The van der Waals surface area contributed by atoms with Crippen LogP contribution in [0, 0.1) is 0 Å². The Bertz CT molecular complexity index is 146. The molecule has 0 spiro atoms. The van der Waals surface area contributed by atoms with Gasteiger partial charge < -0.3 is 81.3 Å². The van der Waals surface area contributed by atoms with Crippen molar-refractivity contribution in [3.05, 3.63) is 0 Å². The van der Waals surface area contributed by atoms with E-state index in [1.165, 1.54) is 0 Å². The third-order valence-electron chi connectivity index (χ3n) is 0.136. The Balaban J connectivity index is -0.0000000128. The number of hydrogen-bond acceptors (Lipinski definition) is 10. The molecule has 0 aliphatic carbocycles. The van der Waals surface area contributed by atoms with Crippen LogP contribution in [0.15, 0.2) is 0 Å². The molecule has 15 heavy (non-hydrogen) atoms. The first kappa shape index (κ1) is 42.8. The van der Waals surface area contributed by atoms with Gasteiger partial charge in [0.2, 0.25) is 0 Å². The van der Waals surface area contributed by atoms with Crippen LogP contribution in [0.1, 0.15) is 0 Å². The summed E-state index contributed by atoms with van der Waals surface area (Å²) in [6.45, 7) is 0. The second-order valence-corrected chi connectivity index (χ2v) is 6.00. The third-order valence-corrected chi connectivity index (χ3v) is 3.67. The standard InChI is InChI=1S/2CHS4.3Ca.2O/c2*2-1(3)5-4;;;;;/h2*(H,2,3);;;;;/q2*-1;3*+2;2*-1/p-2. The zero-order valence-electron chi connectivity index (χ0n) is 7.20. The maximum atomic E-state index is 4.37. The molecule has 0 saturated carbocycles. The fourth-order valence-electron chi connectivity index (χ4n) is 0. The van der Waals surface area contributed by atoms with Crippen molar-refractivity contribution in [1.82, 2.24) is 0 Å². The van der Waals surface area contributed by atoms with E-state index in [1.54, 1.807) is 0 Å². The Kier molecular flexibility index (Phi) is 104. The zero-order valence-corrected chi connectivity index (χ0v) is 20.4. The molecule has 0 aromatic carbocycles. The first-order chi connectivity index (χ1) is 4.54. The molecule has 0 bridgehead atoms. The maximum Gasteiger partial charge on any atom is 2.00 e. The third kappa shape index (κ3) is 66.3. The van der Waals surface area contributed by atoms with Crippen molar-refractivity contribution in [2.75, 3.05) is 0 Å². The molecule has 0 amide bonds. The minimum atomic E-state index is 0. The van der Waals surface area contributed by atoms with E-state index in [2.05, 4.69) is 72.1 Å². The monoisotopic (exact) mass is 432 g/mol. The van der Waals surface area contributed by atoms with Crippen molar-refractivity contribution in [3.8, 4) is 0 Å². The zero-order chi connectivity index (χ0) is 8.57. The molecule has 0 aliphatic rings. The van der Waals surface area contributed by atoms with Crippen LogP contribution in [-0.2, 0) is 79.2 Å². The molecule has 2 nitrogen and oxygen atoms in total. The fraction of sp³-hybridized carbons (Fsp3) is 0. The Morgan fingerprint density at radius 3 is 0.800 bits per heavy atom. The summed E-state index contributed by atoms with van der Waals surface area (Å²) in [6.07, 6.45) is 0. The van der Waals surface area contributed by atoms with Gasteiger partial charge in [0.25, 0.3) is 0 Å². The molecule has 0 aliphatic heterocycles. The van der Waals surface area contributed by atoms with Gasteiger partial charge in [-0.1, -0.05) is 0 Å². The fourth-order valence-corrected chi connectivity index (χ4v) is 0. The van der Waals surface area contributed by atoms with Crippen molar-refractivity contribution < 1.29 is 11.0 Å². The summed E-state index contributed by atoms with van der Waals surface area (Å²) in [5.41, 5.74) is 0. The summed E-state index contributed by atoms with van der Waals surface area (Å²) in [4.78, 5) is 0. The van der Waals surface area contributed by atoms with Gasteiger partial charge in [0.05, 0.1) is 0 Å². The van der Waals surface area contributed by atoms with Gasteiger partial charge >= 0.3 is 113 Å². The number of rotatable bonds is 0. The van der Waals surface area contributed by atoms with Crippen LogP contribution in [0.4, 0.5) is 0 Å². The van der Waals surface area contributed by atoms with Crippen molar-refractivity contribution in [3.63, 3.8) is 0 Å². The van der Waals surface area contributed by atoms with Crippen LogP contribution in [0.5, 0.6) is 0 Å². The van der Waals surface area contributed by atoms with E-state index in [4.69, 9.17) is 0 Å². The summed E-state index contributed by atoms with van der Waals surface area (Å²) in [6, 6.07) is 0. The molecular weight excluding hydrogens is 433 g/mol. The Labute approximate surface area is 218 Å². The van der Waals surface area contributed by atoms with E-state index in [0.29, 0.717) is 7.06 Å². The Hall–Kier alpha value is 5.46. The topological polar surface area (TPSA) is 57.0 Å². The molecule has 0 aromatic heterocycles. The van der Waals surface area contributed by atoms with Crippen LogP contribution >= 0.6 is 24.4 Å². The van der Waals surface area contributed by atoms with Gasteiger partial charge in [-0.3, -0.25) is 29.4 Å². The second kappa shape index (κ2) is 36.6. The molecular formula is C2Ca3O2S8. The molecule has 0 heterocycles. The minimum Gasteiger partial charge on any atom is -1.00 e. The van der Waals surface area contributed by atoms with Crippen molar-refractivity contribution >= 4 is 213 Å². The summed E-state index contributed by atoms with van der Waals surface area (Å²) < 4.78 is 0.806. The summed E-state index contributed by atoms with van der Waals surface area (Å²) >= 11 is 26.2. The SMILES string of the molecule is S=[S-]C(=S)[S-].S=[S-]C(=S)[S-].[Ca+2].[Ca+2].[Ca+2].[O-].[O-]. The molecule has 13 heteroatoms. The smallest absolute Gasteiger partial charge is 1.00 e. The maximum absolute atomic E-state index is 4.37. The van der Waals surface area contributed by atoms with Gasteiger partial charge in [-0.25, -0.2) is 0 Å². The predicted molar refractivity (Wildman–Crippen MR) is 88.0 cm³/mol. The number of hydrogen-bond donors (Lipinski definition) is 0. The summed E-state index contributed by atoms with van der Waals surface area (Å²) in [5, 5.41) is 0. The molecule has 0 N–H and O–H groups in total. The normalized spacial score (nSPS) is 4.80. The van der Waals surface area contributed by atoms with Crippen molar-refractivity contribution in [2.24, 2.45) is 0 Å². The van der Waals surface area contributed by atoms with Crippen LogP contribution in [0.3, 0.4) is 0 Å². The van der Waals surface area contributed by atoms with Crippen LogP contribution < -0.4 is 0 Å². The Morgan fingerprint density at radius 2 is 0.800 bits per heavy atom. The molecule has 0 saturated heterocycles. The van der Waals surface area contributed by atoms with Crippen LogP contribution in [-0.4, -0.2) is 120 Å². The van der Waals surface area contributed by atoms with Crippen LogP contribution in [0.25, 0.3) is 0 Å².